The molecule has 0 aliphatic rings. The topological polar surface area (TPSA) is 100 Å². The summed E-state index contributed by atoms with van der Waals surface area (Å²) < 4.78 is 1.30. The molecule has 21 heavy (non-hydrogen) atoms. The lowest BCUT2D eigenvalue weighted by molar-refractivity contribution is -0.138. The van der Waals surface area contributed by atoms with Crippen molar-refractivity contribution < 1.29 is 9.90 Å². The minimum Gasteiger partial charge on any atom is -0.481 e. The number of nitrogens with one attached hydrogen (secondary N) is 2. The van der Waals surface area contributed by atoms with Crippen LogP contribution < -0.4 is 11.0 Å². The van der Waals surface area contributed by atoms with Crippen LogP contribution in [0.2, 0.25) is 0 Å². The summed E-state index contributed by atoms with van der Waals surface area (Å²) >= 11 is 0. The van der Waals surface area contributed by atoms with Crippen molar-refractivity contribution in [3.8, 4) is 0 Å². The molecule has 2 aromatic heterocycles. The van der Waals surface area contributed by atoms with Gasteiger partial charge < -0.3 is 15.5 Å². The number of carboxylic acids is 1. The molecule has 1 unspecified atom stereocenters. The number of carbonyl (C=O) groups is 1. The SMILES string of the molecule is Cc1ncc(CNn2ccc(C)c(C(C)C(=O)O)c2=O)[nH]1. The maximum absolute atomic E-state index is 12.4. The molecule has 0 spiro atoms. The second-order valence-electron chi connectivity index (χ2n) is 4.98. The minimum absolute atomic E-state index is 0.290. The number of aromatic amines is 1. The van der Waals surface area contributed by atoms with Gasteiger partial charge in [-0.25, -0.2) is 9.66 Å². The predicted octanol–water partition coefficient (Wildman–Crippen LogP) is 1.12. The Hall–Kier alpha value is -2.57. The van der Waals surface area contributed by atoms with Crippen molar-refractivity contribution in [2.45, 2.75) is 33.2 Å². The Bertz CT molecular complexity index is 717. The number of aromatic nitrogens is 3. The summed E-state index contributed by atoms with van der Waals surface area (Å²) in [6.45, 7) is 5.48. The van der Waals surface area contributed by atoms with Gasteiger partial charge in [0.05, 0.1) is 24.4 Å². The number of H-pyrrole nitrogens is 1. The van der Waals surface area contributed by atoms with Crippen LogP contribution in [0.15, 0.2) is 23.3 Å². The molecule has 0 radical (unpaired) electrons. The maximum atomic E-state index is 12.4. The molecule has 0 saturated heterocycles. The zero-order valence-electron chi connectivity index (χ0n) is 12.2. The molecule has 2 rings (SSSR count). The number of imidazole rings is 1. The standard InChI is InChI=1S/C14H18N4O3/c1-8-4-5-18(13(19)12(8)9(2)14(20)21)16-7-11-6-15-10(3)17-11/h4-6,9,16H,7H2,1-3H3,(H,15,17)(H,20,21). The van der Waals surface area contributed by atoms with Crippen molar-refractivity contribution in [3.63, 3.8) is 0 Å². The summed E-state index contributed by atoms with van der Waals surface area (Å²) in [6, 6.07) is 1.72. The highest BCUT2D eigenvalue weighted by molar-refractivity contribution is 5.75. The number of pyridine rings is 1. The first-order chi connectivity index (χ1) is 9.90. The van der Waals surface area contributed by atoms with Gasteiger partial charge in [0.25, 0.3) is 5.56 Å². The molecule has 1 atom stereocenters. The third-order valence-electron chi connectivity index (χ3n) is 3.35. The van der Waals surface area contributed by atoms with Crippen LogP contribution in [0.5, 0.6) is 0 Å². The lowest BCUT2D eigenvalue weighted by Crippen LogP contribution is -2.33. The summed E-state index contributed by atoms with van der Waals surface area (Å²) in [5.74, 6) is -1.07. The van der Waals surface area contributed by atoms with E-state index in [9.17, 15) is 9.59 Å². The molecular formula is C14H18N4O3. The van der Waals surface area contributed by atoms with Crippen LogP contribution in [0.1, 0.15) is 35.5 Å². The van der Waals surface area contributed by atoms with Crippen LogP contribution in [-0.2, 0) is 11.3 Å². The Morgan fingerprint density at radius 2 is 2.24 bits per heavy atom. The van der Waals surface area contributed by atoms with E-state index in [0.717, 1.165) is 11.5 Å². The Morgan fingerprint density at radius 1 is 1.52 bits per heavy atom. The Balaban J connectivity index is 2.27. The van der Waals surface area contributed by atoms with E-state index in [1.165, 1.54) is 11.6 Å². The highest BCUT2D eigenvalue weighted by Gasteiger charge is 2.20. The van der Waals surface area contributed by atoms with Crippen molar-refractivity contribution >= 4 is 5.97 Å². The average molecular weight is 290 g/mol. The van der Waals surface area contributed by atoms with Gasteiger partial charge in [-0.1, -0.05) is 0 Å². The number of hydrogen-bond acceptors (Lipinski definition) is 4. The van der Waals surface area contributed by atoms with Gasteiger partial charge in [0.15, 0.2) is 0 Å². The molecule has 0 fully saturated rings. The number of nitrogens with zero attached hydrogens (tertiary/aromatic N) is 2. The lowest BCUT2D eigenvalue weighted by Gasteiger charge is -2.14. The minimum atomic E-state index is -1.02. The smallest absolute Gasteiger partial charge is 0.310 e. The summed E-state index contributed by atoms with van der Waals surface area (Å²) in [5, 5.41) is 9.10. The van der Waals surface area contributed by atoms with E-state index in [1.807, 2.05) is 6.92 Å². The van der Waals surface area contributed by atoms with Gasteiger partial charge in [0.2, 0.25) is 0 Å². The van der Waals surface area contributed by atoms with Crippen molar-refractivity contribution in [2.24, 2.45) is 0 Å². The molecule has 0 amide bonds. The van der Waals surface area contributed by atoms with Crippen LogP contribution in [0, 0.1) is 13.8 Å². The summed E-state index contributed by atoms with van der Waals surface area (Å²) in [4.78, 5) is 30.6. The first-order valence-corrected chi connectivity index (χ1v) is 6.59. The van der Waals surface area contributed by atoms with Crippen molar-refractivity contribution in [1.29, 1.82) is 0 Å². The molecule has 2 aromatic rings. The number of hydrogen-bond donors (Lipinski definition) is 3. The van der Waals surface area contributed by atoms with E-state index < -0.39 is 11.9 Å². The quantitative estimate of drug-likeness (QED) is 0.766. The van der Waals surface area contributed by atoms with Crippen LogP contribution in [0.4, 0.5) is 0 Å². The highest BCUT2D eigenvalue weighted by Crippen LogP contribution is 2.15. The van der Waals surface area contributed by atoms with E-state index in [4.69, 9.17) is 5.11 Å². The molecule has 0 aliphatic heterocycles. The van der Waals surface area contributed by atoms with Gasteiger partial charge in [-0.3, -0.25) is 9.59 Å². The molecule has 0 bridgehead atoms. The fraction of sp³-hybridized carbons (Fsp3) is 0.357. The molecule has 0 aliphatic carbocycles. The van der Waals surface area contributed by atoms with Crippen molar-refractivity contribution in [1.82, 2.24) is 14.6 Å². The molecular weight excluding hydrogens is 272 g/mol. The van der Waals surface area contributed by atoms with Gasteiger partial charge >= 0.3 is 5.97 Å². The van der Waals surface area contributed by atoms with Crippen molar-refractivity contribution in [3.05, 3.63) is 51.5 Å². The molecule has 3 N–H and O–H groups in total. The Labute approximate surface area is 121 Å². The Morgan fingerprint density at radius 3 is 2.81 bits per heavy atom. The second kappa shape index (κ2) is 5.82. The van der Waals surface area contributed by atoms with Gasteiger partial charge in [0.1, 0.15) is 5.82 Å². The number of rotatable bonds is 5. The first kappa shape index (κ1) is 14.8. The third-order valence-corrected chi connectivity index (χ3v) is 3.35. The lowest BCUT2D eigenvalue weighted by atomic mass is 9.99. The summed E-state index contributed by atoms with van der Waals surface area (Å²) in [5.41, 5.74) is 4.40. The van der Waals surface area contributed by atoms with E-state index >= 15 is 0 Å². The predicted molar refractivity (Wildman–Crippen MR) is 77.9 cm³/mol. The molecule has 0 aromatic carbocycles. The van der Waals surface area contributed by atoms with Crippen LogP contribution >= 0.6 is 0 Å². The zero-order chi connectivity index (χ0) is 15.6. The second-order valence-corrected chi connectivity index (χ2v) is 4.98. The van der Waals surface area contributed by atoms with E-state index in [1.54, 1.807) is 25.4 Å². The third kappa shape index (κ3) is 3.13. The van der Waals surface area contributed by atoms with E-state index in [2.05, 4.69) is 15.4 Å². The molecule has 112 valence electrons. The fourth-order valence-corrected chi connectivity index (χ4v) is 2.15. The molecule has 7 nitrogen and oxygen atoms in total. The fourth-order valence-electron chi connectivity index (χ4n) is 2.15. The summed E-state index contributed by atoms with van der Waals surface area (Å²) in [6.07, 6.45) is 3.28. The average Bonchev–Trinajstić information content (AvgIpc) is 2.83. The zero-order valence-corrected chi connectivity index (χ0v) is 12.2. The molecule has 7 heteroatoms. The number of aliphatic carboxylic acids is 1. The number of aryl methyl sites for hydroxylation is 2. The highest BCUT2D eigenvalue weighted by atomic mass is 16.4. The van der Waals surface area contributed by atoms with E-state index in [0.29, 0.717) is 17.7 Å². The first-order valence-electron chi connectivity index (χ1n) is 6.59. The van der Waals surface area contributed by atoms with Gasteiger partial charge in [-0.15, -0.1) is 0 Å². The Kier molecular flexibility index (Phi) is 4.11. The van der Waals surface area contributed by atoms with Gasteiger partial charge in [-0.2, -0.15) is 0 Å². The van der Waals surface area contributed by atoms with Crippen LogP contribution in [0.25, 0.3) is 0 Å². The monoisotopic (exact) mass is 290 g/mol. The van der Waals surface area contributed by atoms with Crippen LogP contribution in [0.3, 0.4) is 0 Å². The van der Waals surface area contributed by atoms with Crippen molar-refractivity contribution in [2.75, 3.05) is 5.43 Å². The van der Waals surface area contributed by atoms with Gasteiger partial charge in [-0.05, 0) is 32.4 Å². The number of carboxylic acid groups (broad SMARTS) is 1. The van der Waals surface area contributed by atoms with Crippen LogP contribution in [-0.4, -0.2) is 25.7 Å². The van der Waals surface area contributed by atoms with Gasteiger partial charge in [0, 0.05) is 11.8 Å². The molecule has 0 saturated carbocycles. The normalized spacial score (nSPS) is 12.1. The molecule has 2 heterocycles. The van der Waals surface area contributed by atoms with E-state index in [-0.39, 0.29) is 5.56 Å². The maximum Gasteiger partial charge on any atom is 0.310 e. The largest absolute Gasteiger partial charge is 0.481 e. The summed E-state index contributed by atoms with van der Waals surface area (Å²) in [7, 11) is 0.